The second-order valence-electron chi connectivity index (χ2n) is 11.8. The van der Waals surface area contributed by atoms with E-state index in [2.05, 4.69) is 27.7 Å². The zero-order valence-electron chi connectivity index (χ0n) is 23.3. The molecule has 2 aromatic rings. The molecule has 0 radical (unpaired) electrons. The molecule has 2 bridgehead atoms. The van der Waals surface area contributed by atoms with Crippen LogP contribution in [-0.2, 0) is 25.7 Å². The van der Waals surface area contributed by atoms with Gasteiger partial charge in [0.2, 0.25) is 17.7 Å². The monoisotopic (exact) mass is 576 g/mol. The SMILES string of the molecule is CN(CCN1C(=O)[C@@H]2[C@@H](C(=O)Nc3ccc(Cl)cc3)[C@@H]3C=C[C@@]2(O3)[C@@H]1C(=O)NC1CCCCC1)Cc1ccccc1. The van der Waals surface area contributed by atoms with Gasteiger partial charge in [-0.1, -0.05) is 73.3 Å². The van der Waals surface area contributed by atoms with E-state index < -0.39 is 29.6 Å². The van der Waals surface area contributed by atoms with E-state index in [9.17, 15) is 14.4 Å². The van der Waals surface area contributed by atoms with Crippen LogP contribution in [-0.4, -0.2) is 71.4 Å². The number of nitrogens with zero attached hydrogens (tertiary/aromatic N) is 2. The van der Waals surface area contributed by atoms with Gasteiger partial charge in [0, 0.05) is 36.4 Å². The number of hydrogen-bond acceptors (Lipinski definition) is 5. The number of likely N-dealkylation sites (tertiary alicyclic amines) is 1. The molecule has 6 rings (SSSR count). The highest BCUT2D eigenvalue weighted by molar-refractivity contribution is 6.30. The van der Waals surface area contributed by atoms with Crippen LogP contribution in [0.5, 0.6) is 0 Å². The molecule has 2 saturated heterocycles. The summed E-state index contributed by atoms with van der Waals surface area (Å²) < 4.78 is 6.47. The molecule has 4 aliphatic rings. The number of carbonyl (C=O) groups is 3. The van der Waals surface area contributed by atoms with Crippen molar-refractivity contribution in [1.29, 1.82) is 0 Å². The summed E-state index contributed by atoms with van der Waals surface area (Å²) in [4.78, 5) is 45.6. The van der Waals surface area contributed by atoms with E-state index in [0.29, 0.717) is 23.8 Å². The molecule has 9 heteroatoms. The number of halogens is 1. The highest BCUT2D eigenvalue weighted by Crippen LogP contribution is 2.55. The zero-order chi connectivity index (χ0) is 28.6. The molecule has 3 fully saturated rings. The summed E-state index contributed by atoms with van der Waals surface area (Å²) in [5.41, 5.74) is 0.603. The summed E-state index contributed by atoms with van der Waals surface area (Å²) in [5, 5.41) is 6.75. The van der Waals surface area contributed by atoms with Gasteiger partial charge < -0.3 is 25.2 Å². The smallest absolute Gasteiger partial charge is 0.246 e. The van der Waals surface area contributed by atoms with Crippen LogP contribution in [0.15, 0.2) is 66.7 Å². The summed E-state index contributed by atoms with van der Waals surface area (Å²) in [7, 11) is 2.01. The normalized spacial score (nSPS) is 28.8. The predicted octanol–water partition coefficient (Wildman–Crippen LogP) is 4.01. The van der Waals surface area contributed by atoms with Crippen molar-refractivity contribution in [2.24, 2.45) is 11.8 Å². The van der Waals surface area contributed by atoms with Crippen LogP contribution in [0.3, 0.4) is 0 Å². The number of carbonyl (C=O) groups excluding carboxylic acids is 3. The Bertz CT molecular complexity index is 1310. The molecular weight excluding hydrogens is 540 g/mol. The Morgan fingerprint density at radius 2 is 1.78 bits per heavy atom. The Kier molecular flexibility index (Phi) is 7.90. The Labute approximate surface area is 246 Å². The first-order valence-corrected chi connectivity index (χ1v) is 15.0. The molecule has 3 heterocycles. The minimum Gasteiger partial charge on any atom is -0.359 e. The maximum Gasteiger partial charge on any atom is 0.246 e. The van der Waals surface area contributed by atoms with Gasteiger partial charge in [-0.25, -0.2) is 0 Å². The van der Waals surface area contributed by atoms with E-state index in [1.807, 2.05) is 37.4 Å². The average Bonchev–Trinajstić information content (AvgIpc) is 3.61. The van der Waals surface area contributed by atoms with Gasteiger partial charge in [-0.3, -0.25) is 14.4 Å². The maximum atomic E-state index is 14.2. The fourth-order valence-corrected chi connectivity index (χ4v) is 7.17. The van der Waals surface area contributed by atoms with Gasteiger partial charge in [0.25, 0.3) is 0 Å². The summed E-state index contributed by atoms with van der Waals surface area (Å²) >= 11 is 6.01. The van der Waals surface area contributed by atoms with Crippen LogP contribution < -0.4 is 10.6 Å². The number of likely N-dealkylation sites (N-methyl/N-ethyl adjacent to an activating group) is 1. The van der Waals surface area contributed by atoms with E-state index in [4.69, 9.17) is 16.3 Å². The van der Waals surface area contributed by atoms with Crippen molar-refractivity contribution in [3.63, 3.8) is 0 Å². The van der Waals surface area contributed by atoms with Gasteiger partial charge >= 0.3 is 0 Å². The molecule has 216 valence electrons. The van der Waals surface area contributed by atoms with Crippen LogP contribution in [0.2, 0.25) is 5.02 Å². The fourth-order valence-electron chi connectivity index (χ4n) is 7.05. The predicted molar refractivity (Wildman–Crippen MR) is 157 cm³/mol. The van der Waals surface area contributed by atoms with Crippen molar-refractivity contribution in [3.8, 4) is 0 Å². The lowest BCUT2D eigenvalue weighted by Crippen LogP contribution is -2.57. The molecule has 2 N–H and O–H groups in total. The first kappa shape index (κ1) is 27.9. The summed E-state index contributed by atoms with van der Waals surface area (Å²) in [6.07, 6.45) is 8.38. The second-order valence-corrected chi connectivity index (χ2v) is 12.2. The molecule has 1 aliphatic carbocycles. The molecule has 1 spiro atoms. The number of benzene rings is 2. The number of fused-ring (bicyclic) bond motifs is 1. The van der Waals surface area contributed by atoms with Crippen molar-refractivity contribution in [2.75, 3.05) is 25.5 Å². The van der Waals surface area contributed by atoms with E-state index in [-0.39, 0.29) is 23.8 Å². The Balaban J connectivity index is 1.24. The number of anilines is 1. The standard InChI is InChI=1S/C32H37ClN4O4/c1-36(20-21-8-4-2-5-9-21)18-19-37-28(30(39)35-23-10-6-3-7-11-23)32-17-16-25(41-32)26(27(32)31(37)40)29(38)34-24-14-12-22(33)13-15-24/h2,4-5,8-9,12-17,23,25-28H,3,6-7,10-11,18-20H2,1H3,(H,34,38)(H,35,39)/t25-,26-,27-,28-,32-/m0/s1. The van der Waals surface area contributed by atoms with Crippen LogP contribution in [0.1, 0.15) is 37.7 Å². The fraction of sp³-hybridized carbons (Fsp3) is 0.469. The first-order valence-electron chi connectivity index (χ1n) is 14.6. The summed E-state index contributed by atoms with van der Waals surface area (Å²) in [6, 6.07) is 16.3. The molecule has 1 saturated carbocycles. The van der Waals surface area contributed by atoms with Crippen molar-refractivity contribution in [2.45, 2.75) is 62.4 Å². The molecule has 2 aromatic carbocycles. The number of hydrogen-bond donors (Lipinski definition) is 2. The van der Waals surface area contributed by atoms with Crippen LogP contribution >= 0.6 is 11.6 Å². The van der Waals surface area contributed by atoms with Crippen molar-refractivity contribution < 1.29 is 19.1 Å². The molecular formula is C32H37ClN4O4. The van der Waals surface area contributed by atoms with Crippen LogP contribution in [0, 0.1) is 11.8 Å². The number of ether oxygens (including phenoxy) is 1. The molecule has 0 unspecified atom stereocenters. The lowest BCUT2D eigenvalue weighted by Gasteiger charge is -2.34. The van der Waals surface area contributed by atoms with E-state index in [0.717, 1.165) is 32.2 Å². The second kappa shape index (κ2) is 11.6. The van der Waals surface area contributed by atoms with Gasteiger partial charge in [-0.15, -0.1) is 0 Å². The minimum atomic E-state index is -1.17. The highest BCUT2D eigenvalue weighted by Gasteiger charge is 2.72. The largest absolute Gasteiger partial charge is 0.359 e. The maximum absolute atomic E-state index is 14.2. The van der Waals surface area contributed by atoms with E-state index in [1.165, 1.54) is 12.0 Å². The zero-order valence-corrected chi connectivity index (χ0v) is 24.1. The van der Waals surface area contributed by atoms with Gasteiger partial charge in [0.15, 0.2) is 0 Å². The first-order chi connectivity index (χ1) is 19.9. The topological polar surface area (TPSA) is 91.0 Å². The third-order valence-electron chi connectivity index (χ3n) is 9.01. The van der Waals surface area contributed by atoms with E-state index >= 15 is 0 Å². The molecule has 3 amide bonds. The Morgan fingerprint density at radius 1 is 1.05 bits per heavy atom. The minimum absolute atomic E-state index is 0.0935. The Morgan fingerprint density at radius 3 is 2.51 bits per heavy atom. The van der Waals surface area contributed by atoms with Gasteiger partial charge in [0.1, 0.15) is 11.6 Å². The van der Waals surface area contributed by atoms with Crippen LogP contribution in [0.25, 0.3) is 0 Å². The average molecular weight is 577 g/mol. The molecule has 5 atom stereocenters. The Hall–Kier alpha value is -3.20. The van der Waals surface area contributed by atoms with Gasteiger partial charge in [-0.05, 0) is 49.7 Å². The molecule has 0 aromatic heterocycles. The number of rotatable bonds is 9. The third kappa shape index (κ3) is 5.41. The summed E-state index contributed by atoms with van der Waals surface area (Å²) in [5.74, 6) is -2.20. The molecule has 8 nitrogen and oxygen atoms in total. The van der Waals surface area contributed by atoms with Crippen molar-refractivity contribution in [1.82, 2.24) is 15.1 Å². The van der Waals surface area contributed by atoms with Crippen molar-refractivity contribution >= 4 is 35.0 Å². The summed E-state index contributed by atoms with van der Waals surface area (Å²) in [6.45, 7) is 1.66. The lowest BCUT2D eigenvalue weighted by molar-refractivity contribution is -0.141. The quantitative estimate of drug-likeness (QED) is 0.440. The molecule has 41 heavy (non-hydrogen) atoms. The van der Waals surface area contributed by atoms with Gasteiger partial charge in [-0.2, -0.15) is 0 Å². The number of nitrogens with one attached hydrogen (secondary N) is 2. The van der Waals surface area contributed by atoms with Gasteiger partial charge in [0.05, 0.1) is 17.9 Å². The highest BCUT2D eigenvalue weighted by atomic mass is 35.5. The van der Waals surface area contributed by atoms with E-state index in [1.54, 1.807) is 29.2 Å². The van der Waals surface area contributed by atoms with Crippen molar-refractivity contribution in [3.05, 3.63) is 77.3 Å². The molecule has 3 aliphatic heterocycles. The lowest BCUT2D eigenvalue weighted by atomic mass is 9.74. The third-order valence-corrected chi connectivity index (χ3v) is 9.26. The van der Waals surface area contributed by atoms with Crippen LogP contribution in [0.4, 0.5) is 5.69 Å². The number of amides is 3.